The van der Waals surface area contributed by atoms with Gasteiger partial charge < -0.3 is 14.7 Å². The second-order valence-electron chi connectivity index (χ2n) is 8.02. The van der Waals surface area contributed by atoms with Gasteiger partial charge in [0.05, 0.1) is 6.20 Å². The van der Waals surface area contributed by atoms with E-state index in [9.17, 15) is 5.11 Å². The molecule has 6 nitrogen and oxygen atoms in total. The number of aromatic amines is 1. The number of hydrogen-bond donors (Lipinski definition) is 2. The van der Waals surface area contributed by atoms with Crippen molar-refractivity contribution in [3.05, 3.63) is 47.3 Å². The Morgan fingerprint density at radius 1 is 1.21 bits per heavy atom. The third kappa shape index (κ3) is 6.62. The fourth-order valence-corrected chi connectivity index (χ4v) is 3.79. The monoisotopic (exact) mass is 386 g/mol. The van der Waals surface area contributed by atoms with Crippen LogP contribution in [0.2, 0.25) is 0 Å². The summed E-state index contributed by atoms with van der Waals surface area (Å²) in [5.74, 6) is 0.820. The molecule has 2 heterocycles. The lowest BCUT2D eigenvalue weighted by atomic mass is 10.2. The van der Waals surface area contributed by atoms with Crippen LogP contribution in [0.3, 0.4) is 0 Å². The average molecular weight is 387 g/mol. The summed E-state index contributed by atoms with van der Waals surface area (Å²) in [5, 5.41) is 17.4. The van der Waals surface area contributed by atoms with Crippen molar-refractivity contribution in [1.82, 2.24) is 20.0 Å². The summed E-state index contributed by atoms with van der Waals surface area (Å²) >= 11 is 0. The Morgan fingerprint density at radius 2 is 2.00 bits per heavy atom. The zero-order chi connectivity index (χ0) is 19.8. The van der Waals surface area contributed by atoms with Crippen molar-refractivity contribution in [1.29, 1.82) is 0 Å². The highest BCUT2D eigenvalue weighted by atomic mass is 16.5. The average Bonchev–Trinajstić information content (AvgIpc) is 2.91. The molecular formula is C22H34N4O2. The van der Waals surface area contributed by atoms with Crippen LogP contribution in [0, 0.1) is 6.92 Å². The number of β-amino-alcohol motifs (C(OH)–C–C–N with tert-alkyl or cyclic N) is 1. The van der Waals surface area contributed by atoms with Crippen molar-refractivity contribution < 1.29 is 9.84 Å². The summed E-state index contributed by atoms with van der Waals surface area (Å²) in [6.45, 7) is 6.95. The van der Waals surface area contributed by atoms with Gasteiger partial charge in [-0.25, -0.2) is 0 Å². The number of nitrogens with one attached hydrogen (secondary N) is 1. The van der Waals surface area contributed by atoms with Crippen LogP contribution in [0.15, 0.2) is 30.5 Å². The van der Waals surface area contributed by atoms with Crippen LogP contribution < -0.4 is 4.74 Å². The van der Waals surface area contributed by atoms with Gasteiger partial charge in [0.25, 0.3) is 0 Å². The fourth-order valence-electron chi connectivity index (χ4n) is 3.79. The first-order chi connectivity index (χ1) is 13.6. The molecular weight excluding hydrogens is 352 g/mol. The number of aliphatic hydroxyl groups is 1. The quantitative estimate of drug-likeness (QED) is 0.694. The molecule has 0 spiro atoms. The van der Waals surface area contributed by atoms with E-state index >= 15 is 0 Å². The second kappa shape index (κ2) is 10.6. The van der Waals surface area contributed by atoms with Gasteiger partial charge in [-0.3, -0.25) is 10.00 Å². The van der Waals surface area contributed by atoms with Crippen LogP contribution in [0.5, 0.6) is 5.75 Å². The minimum absolute atomic E-state index is 0.337. The fraction of sp³-hybridized carbons (Fsp3) is 0.591. The van der Waals surface area contributed by atoms with Gasteiger partial charge in [0, 0.05) is 30.9 Å². The van der Waals surface area contributed by atoms with Crippen LogP contribution in [0.4, 0.5) is 0 Å². The van der Waals surface area contributed by atoms with Crippen LogP contribution in [0.1, 0.15) is 42.5 Å². The number of ether oxygens (including phenoxy) is 1. The van der Waals surface area contributed by atoms with E-state index in [1.54, 1.807) is 0 Å². The molecule has 2 aromatic rings. The van der Waals surface area contributed by atoms with Crippen molar-refractivity contribution >= 4 is 0 Å². The summed E-state index contributed by atoms with van der Waals surface area (Å²) in [4.78, 5) is 4.62. The highest BCUT2D eigenvalue weighted by Crippen LogP contribution is 2.17. The molecule has 0 radical (unpaired) electrons. The van der Waals surface area contributed by atoms with Crippen molar-refractivity contribution in [2.75, 3.05) is 33.3 Å². The molecule has 1 aromatic carbocycles. The molecule has 2 N–H and O–H groups in total. The van der Waals surface area contributed by atoms with E-state index in [0.717, 1.165) is 37.6 Å². The standard InChI is InChI=1S/C22H34N4O2/c1-18-20(13-23-24-18)15-25(2)14-19-8-7-9-22(12-19)28-17-21(27)16-26-10-5-3-4-6-11-26/h7-9,12-13,21,27H,3-6,10-11,14-17H2,1-2H3,(H,23,24)/t21-/m0/s1. The molecule has 1 fully saturated rings. The third-order valence-electron chi connectivity index (χ3n) is 5.34. The summed E-state index contributed by atoms with van der Waals surface area (Å²) < 4.78 is 5.88. The van der Waals surface area contributed by atoms with Gasteiger partial charge in [-0.05, 0) is 57.6 Å². The highest BCUT2D eigenvalue weighted by Gasteiger charge is 2.14. The van der Waals surface area contributed by atoms with Gasteiger partial charge in [0.2, 0.25) is 0 Å². The van der Waals surface area contributed by atoms with Gasteiger partial charge >= 0.3 is 0 Å². The van der Waals surface area contributed by atoms with E-state index in [4.69, 9.17) is 4.74 Å². The largest absolute Gasteiger partial charge is 0.491 e. The Balaban J connectivity index is 1.45. The predicted molar refractivity (Wildman–Crippen MR) is 111 cm³/mol. The number of hydrogen-bond acceptors (Lipinski definition) is 5. The van der Waals surface area contributed by atoms with Crippen molar-refractivity contribution in [2.24, 2.45) is 0 Å². The first-order valence-electron chi connectivity index (χ1n) is 10.4. The van der Waals surface area contributed by atoms with Gasteiger partial charge in [-0.15, -0.1) is 0 Å². The Labute approximate surface area is 168 Å². The molecule has 0 aliphatic carbocycles. The molecule has 3 rings (SSSR count). The summed E-state index contributed by atoms with van der Waals surface area (Å²) in [6.07, 6.45) is 6.53. The lowest BCUT2D eigenvalue weighted by Crippen LogP contribution is -2.36. The smallest absolute Gasteiger partial charge is 0.119 e. The lowest BCUT2D eigenvalue weighted by molar-refractivity contribution is 0.0693. The first-order valence-corrected chi connectivity index (χ1v) is 10.4. The molecule has 1 saturated heterocycles. The van der Waals surface area contributed by atoms with Crippen LogP contribution in [-0.4, -0.2) is 64.5 Å². The minimum atomic E-state index is -0.450. The molecule has 1 aromatic heterocycles. The maximum atomic E-state index is 10.4. The van der Waals surface area contributed by atoms with Gasteiger partial charge in [-0.1, -0.05) is 25.0 Å². The molecule has 6 heteroatoms. The summed E-state index contributed by atoms with van der Waals surface area (Å²) in [7, 11) is 2.10. The Kier molecular flexibility index (Phi) is 7.89. The topological polar surface area (TPSA) is 64.6 Å². The number of H-pyrrole nitrogens is 1. The number of nitrogens with zero attached hydrogens (tertiary/aromatic N) is 3. The maximum Gasteiger partial charge on any atom is 0.119 e. The van der Waals surface area contributed by atoms with Crippen molar-refractivity contribution in [3.8, 4) is 5.75 Å². The van der Waals surface area contributed by atoms with E-state index < -0.39 is 6.10 Å². The number of rotatable bonds is 9. The van der Waals surface area contributed by atoms with Crippen LogP contribution in [-0.2, 0) is 13.1 Å². The zero-order valence-corrected chi connectivity index (χ0v) is 17.2. The van der Waals surface area contributed by atoms with Crippen LogP contribution >= 0.6 is 0 Å². The SMILES string of the molecule is Cc1[nH]ncc1CN(C)Cc1cccc(OC[C@@H](O)CN2CCCCCC2)c1. The summed E-state index contributed by atoms with van der Waals surface area (Å²) in [5.41, 5.74) is 3.53. The van der Waals surface area contributed by atoms with Gasteiger partial charge in [-0.2, -0.15) is 5.10 Å². The summed E-state index contributed by atoms with van der Waals surface area (Å²) in [6, 6.07) is 8.15. The Morgan fingerprint density at radius 3 is 2.71 bits per heavy atom. The Bertz CT molecular complexity index is 710. The van der Waals surface area contributed by atoms with E-state index in [1.807, 2.05) is 25.3 Å². The van der Waals surface area contributed by atoms with E-state index in [2.05, 4.69) is 39.2 Å². The second-order valence-corrected chi connectivity index (χ2v) is 8.02. The normalized spacial score (nSPS) is 16.9. The number of likely N-dealkylation sites (tertiary alicyclic amines) is 1. The number of benzene rings is 1. The molecule has 1 aliphatic rings. The van der Waals surface area contributed by atoms with Gasteiger partial charge in [0.15, 0.2) is 0 Å². The Hall–Kier alpha value is -1.89. The highest BCUT2D eigenvalue weighted by molar-refractivity contribution is 5.28. The molecule has 28 heavy (non-hydrogen) atoms. The molecule has 1 aliphatic heterocycles. The van der Waals surface area contributed by atoms with Crippen LogP contribution in [0.25, 0.3) is 0 Å². The first kappa shape index (κ1) is 20.8. The molecule has 0 saturated carbocycles. The van der Waals surface area contributed by atoms with Gasteiger partial charge in [0.1, 0.15) is 18.5 Å². The molecule has 0 bridgehead atoms. The number of aliphatic hydroxyl groups excluding tert-OH is 1. The lowest BCUT2D eigenvalue weighted by Gasteiger charge is -2.23. The molecule has 0 unspecified atom stereocenters. The van der Waals surface area contributed by atoms with E-state index in [1.165, 1.54) is 36.8 Å². The van der Waals surface area contributed by atoms with Crippen molar-refractivity contribution in [2.45, 2.75) is 51.8 Å². The molecule has 154 valence electrons. The molecule has 1 atom stereocenters. The molecule has 0 amide bonds. The minimum Gasteiger partial charge on any atom is -0.491 e. The number of aromatic nitrogens is 2. The predicted octanol–water partition coefficient (Wildman–Crippen LogP) is 2.97. The van der Waals surface area contributed by atoms with E-state index in [0.29, 0.717) is 13.2 Å². The number of aryl methyl sites for hydroxylation is 1. The van der Waals surface area contributed by atoms with E-state index in [-0.39, 0.29) is 0 Å². The maximum absolute atomic E-state index is 10.4. The zero-order valence-electron chi connectivity index (χ0n) is 17.2. The van der Waals surface area contributed by atoms with Crippen molar-refractivity contribution in [3.63, 3.8) is 0 Å². The third-order valence-corrected chi connectivity index (χ3v) is 5.34.